The Morgan fingerprint density at radius 3 is 2.26 bits per heavy atom. The van der Waals surface area contributed by atoms with Crippen molar-refractivity contribution in [1.29, 1.82) is 0 Å². The first-order valence-electron chi connectivity index (χ1n) is 8.59. The maximum Gasteiger partial charge on any atom is 0.417 e. The lowest BCUT2D eigenvalue weighted by atomic mass is 10.2. The number of anilines is 1. The largest absolute Gasteiger partial charge is 0.417 e. The monoisotopic (exact) mass is 507 g/mol. The molecule has 164 valence electrons. The summed E-state index contributed by atoms with van der Waals surface area (Å²) in [6, 6.07) is 15.2. The number of halogens is 5. The minimum absolute atomic E-state index is 0.0923. The second kappa shape index (κ2) is 9.20. The van der Waals surface area contributed by atoms with Crippen LogP contribution in [0.2, 0.25) is 10.0 Å². The molecule has 1 unspecified atom stereocenters. The molecule has 0 aromatic heterocycles. The lowest BCUT2D eigenvalue weighted by Gasteiger charge is -2.15. The van der Waals surface area contributed by atoms with Crippen molar-refractivity contribution in [3.8, 4) is 0 Å². The fourth-order valence-electron chi connectivity index (χ4n) is 2.68. The molecule has 0 saturated carbocycles. The van der Waals surface area contributed by atoms with Gasteiger partial charge in [0.2, 0.25) is 0 Å². The fourth-order valence-corrected chi connectivity index (χ4v) is 5.46. The van der Waals surface area contributed by atoms with Crippen molar-refractivity contribution in [2.45, 2.75) is 21.7 Å². The van der Waals surface area contributed by atoms with Crippen LogP contribution in [0.3, 0.4) is 0 Å². The molecular weight excluding hydrogens is 494 g/mol. The molecule has 0 aliphatic carbocycles. The van der Waals surface area contributed by atoms with Crippen molar-refractivity contribution in [1.82, 2.24) is 0 Å². The zero-order valence-corrected chi connectivity index (χ0v) is 18.6. The number of sulfonamides is 1. The van der Waals surface area contributed by atoms with Gasteiger partial charge in [-0.1, -0.05) is 53.5 Å². The molecule has 3 aromatic carbocycles. The van der Waals surface area contributed by atoms with Gasteiger partial charge in [-0.3, -0.25) is 8.93 Å². The third-order valence-corrected chi connectivity index (χ3v) is 7.50. The van der Waals surface area contributed by atoms with Gasteiger partial charge in [0, 0.05) is 5.02 Å². The lowest BCUT2D eigenvalue weighted by molar-refractivity contribution is -0.137. The van der Waals surface area contributed by atoms with E-state index in [-0.39, 0.29) is 21.4 Å². The van der Waals surface area contributed by atoms with Gasteiger partial charge < -0.3 is 0 Å². The Kier molecular flexibility index (Phi) is 7.00. The van der Waals surface area contributed by atoms with Crippen LogP contribution in [0.15, 0.2) is 76.5 Å². The van der Waals surface area contributed by atoms with Gasteiger partial charge in [-0.25, -0.2) is 8.42 Å². The topological polar surface area (TPSA) is 63.2 Å². The van der Waals surface area contributed by atoms with E-state index in [4.69, 9.17) is 23.2 Å². The van der Waals surface area contributed by atoms with E-state index in [1.165, 1.54) is 18.2 Å². The summed E-state index contributed by atoms with van der Waals surface area (Å²) in [5.41, 5.74) is -0.613. The quantitative estimate of drug-likeness (QED) is 0.437. The molecule has 1 N–H and O–H groups in total. The molecule has 0 radical (unpaired) electrons. The average Bonchev–Trinajstić information content (AvgIpc) is 2.67. The zero-order chi connectivity index (χ0) is 22.8. The van der Waals surface area contributed by atoms with Crippen molar-refractivity contribution >= 4 is 49.7 Å². The van der Waals surface area contributed by atoms with Crippen LogP contribution in [0.5, 0.6) is 0 Å². The molecule has 3 rings (SSSR count). The van der Waals surface area contributed by atoms with Crippen LogP contribution < -0.4 is 4.72 Å². The molecule has 4 nitrogen and oxygen atoms in total. The molecule has 11 heteroatoms. The smallest absolute Gasteiger partial charge is 0.278 e. The summed E-state index contributed by atoms with van der Waals surface area (Å²) in [4.78, 5) is -0.508. The van der Waals surface area contributed by atoms with Crippen LogP contribution in [0.25, 0.3) is 0 Å². The van der Waals surface area contributed by atoms with E-state index < -0.39 is 42.5 Å². The van der Waals surface area contributed by atoms with Crippen LogP contribution in [-0.4, -0.2) is 12.6 Å². The van der Waals surface area contributed by atoms with Gasteiger partial charge in [-0.15, -0.1) is 0 Å². The van der Waals surface area contributed by atoms with Crippen molar-refractivity contribution in [3.05, 3.63) is 87.9 Å². The molecule has 0 heterocycles. The summed E-state index contributed by atoms with van der Waals surface area (Å²) in [7, 11) is -6.11. The number of hydrogen-bond acceptors (Lipinski definition) is 3. The molecule has 0 spiro atoms. The summed E-state index contributed by atoms with van der Waals surface area (Å²) in [5, 5.41) is -0.468. The molecule has 0 fully saturated rings. The Labute approximate surface area is 189 Å². The highest BCUT2D eigenvalue weighted by atomic mass is 35.5. The Balaban J connectivity index is 1.97. The van der Waals surface area contributed by atoms with E-state index in [1.807, 2.05) is 0 Å². The highest BCUT2D eigenvalue weighted by Gasteiger charge is 2.34. The highest BCUT2D eigenvalue weighted by Crippen LogP contribution is 2.36. The second-order valence-electron chi connectivity index (χ2n) is 6.36. The number of benzene rings is 3. The van der Waals surface area contributed by atoms with E-state index in [0.717, 1.165) is 17.7 Å². The average molecular weight is 508 g/mol. The molecule has 31 heavy (non-hydrogen) atoms. The van der Waals surface area contributed by atoms with Crippen molar-refractivity contribution in [2.75, 3.05) is 4.72 Å². The summed E-state index contributed by atoms with van der Waals surface area (Å²) < 4.78 is 80.0. The van der Waals surface area contributed by atoms with E-state index in [1.54, 1.807) is 30.3 Å². The predicted octanol–water partition coefficient (Wildman–Crippen LogP) is 6.12. The molecule has 1 atom stereocenters. The standard InChI is InChI=1S/C20H14Cl2F3NO3S2/c21-14-6-9-19(30(27)12-13-4-2-1-3-5-13)18(10-14)26-31(28,29)15-7-8-17(22)16(11-15)20(23,24)25/h1-11,26H,12H2. The first kappa shape index (κ1) is 23.6. The van der Waals surface area contributed by atoms with Gasteiger partial charge >= 0.3 is 6.18 Å². The van der Waals surface area contributed by atoms with E-state index in [9.17, 15) is 25.8 Å². The second-order valence-corrected chi connectivity index (χ2v) is 10.3. The highest BCUT2D eigenvalue weighted by molar-refractivity contribution is 7.92. The first-order valence-corrected chi connectivity index (χ1v) is 12.1. The van der Waals surface area contributed by atoms with Gasteiger partial charge in [0.15, 0.2) is 0 Å². The van der Waals surface area contributed by atoms with Gasteiger partial charge in [0.05, 0.1) is 42.6 Å². The van der Waals surface area contributed by atoms with Crippen molar-refractivity contribution < 1.29 is 25.8 Å². The molecule has 0 aliphatic heterocycles. The van der Waals surface area contributed by atoms with Gasteiger partial charge in [0.25, 0.3) is 10.0 Å². The minimum Gasteiger partial charge on any atom is -0.278 e. The first-order chi connectivity index (χ1) is 14.5. The molecule has 3 aromatic rings. The Hall–Kier alpha value is -2.07. The molecular formula is C20H14Cl2F3NO3S2. The van der Waals surface area contributed by atoms with Crippen molar-refractivity contribution in [2.24, 2.45) is 0 Å². The van der Waals surface area contributed by atoms with E-state index in [2.05, 4.69) is 4.72 Å². The van der Waals surface area contributed by atoms with E-state index >= 15 is 0 Å². The molecule has 0 amide bonds. The van der Waals surface area contributed by atoms with Gasteiger partial charge in [-0.2, -0.15) is 13.2 Å². The Morgan fingerprint density at radius 2 is 1.61 bits per heavy atom. The van der Waals surface area contributed by atoms with Crippen molar-refractivity contribution in [3.63, 3.8) is 0 Å². The van der Waals surface area contributed by atoms with Crippen LogP contribution in [0.1, 0.15) is 11.1 Å². The zero-order valence-electron chi connectivity index (χ0n) is 15.5. The maximum atomic E-state index is 13.1. The lowest BCUT2D eigenvalue weighted by Crippen LogP contribution is -2.16. The number of nitrogens with one attached hydrogen (secondary N) is 1. The fraction of sp³-hybridized carbons (Fsp3) is 0.100. The van der Waals surface area contributed by atoms with Gasteiger partial charge in [0.1, 0.15) is 0 Å². The number of hydrogen-bond donors (Lipinski definition) is 1. The normalized spacial score (nSPS) is 13.1. The summed E-state index contributed by atoms with van der Waals surface area (Å²) in [5.74, 6) is 0.108. The molecule has 0 saturated heterocycles. The van der Waals surface area contributed by atoms with Crippen LogP contribution in [0.4, 0.5) is 18.9 Å². The predicted molar refractivity (Wildman–Crippen MR) is 115 cm³/mol. The Bertz CT molecular complexity index is 1230. The minimum atomic E-state index is -4.83. The van der Waals surface area contributed by atoms with Crippen LogP contribution in [-0.2, 0) is 32.8 Å². The van der Waals surface area contributed by atoms with Gasteiger partial charge in [-0.05, 0) is 42.0 Å². The summed E-state index contributed by atoms with van der Waals surface area (Å²) in [6.45, 7) is 0. The third-order valence-electron chi connectivity index (χ3n) is 4.13. The summed E-state index contributed by atoms with van der Waals surface area (Å²) in [6.07, 6.45) is -4.83. The number of rotatable bonds is 6. The summed E-state index contributed by atoms with van der Waals surface area (Å²) >= 11 is 11.5. The molecule has 0 bridgehead atoms. The Morgan fingerprint density at radius 1 is 0.935 bits per heavy atom. The third kappa shape index (κ3) is 5.79. The SMILES string of the molecule is O=S(Cc1ccccc1)c1ccc(Cl)cc1NS(=O)(=O)c1ccc(Cl)c(C(F)(F)F)c1. The number of alkyl halides is 3. The molecule has 0 aliphatic rings. The van der Waals surface area contributed by atoms with Crippen LogP contribution >= 0.6 is 23.2 Å². The maximum absolute atomic E-state index is 13.1. The van der Waals surface area contributed by atoms with E-state index in [0.29, 0.717) is 6.07 Å². The van der Waals surface area contributed by atoms with Crippen LogP contribution in [0, 0.1) is 0 Å².